The summed E-state index contributed by atoms with van der Waals surface area (Å²) < 4.78 is 7.66. The highest BCUT2D eigenvalue weighted by Gasteiger charge is 2.20. The Bertz CT molecular complexity index is 1090. The van der Waals surface area contributed by atoms with Crippen molar-refractivity contribution >= 4 is 35.4 Å². The zero-order valence-electron chi connectivity index (χ0n) is 17.9. The van der Waals surface area contributed by atoms with Gasteiger partial charge >= 0.3 is 5.97 Å². The minimum Gasteiger partial charge on any atom is -0.454 e. The van der Waals surface area contributed by atoms with Crippen LogP contribution >= 0.6 is 23.6 Å². The predicted molar refractivity (Wildman–Crippen MR) is 126 cm³/mol. The smallest absolute Gasteiger partial charge is 0.326 e. The maximum absolute atomic E-state index is 12.7. The van der Waals surface area contributed by atoms with Crippen LogP contribution in [0.5, 0.6) is 0 Å². The summed E-state index contributed by atoms with van der Waals surface area (Å²) >= 11 is 6.80. The molecule has 3 aromatic rings. The van der Waals surface area contributed by atoms with Crippen LogP contribution < -0.4 is 0 Å². The van der Waals surface area contributed by atoms with E-state index in [1.165, 1.54) is 11.3 Å². The van der Waals surface area contributed by atoms with Crippen LogP contribution in [0.25, 0.3) is 11.3 Å². The molecule has 1 amide bonds. The summed E-state index contributed by atoms with van der Waals surface area (Å²) in [7, 11) is 0. The van der Waals surface area contributed by atoms with Crippen LogP contribution in [0, 0.1) is 10.9 Å². The van der Waals surface area contributed by atoms with Crippen LogP contribution in [0.2, 0.25) is 0 Å². The van der Waals surface area contributed by atoms with Gasteiger partial charge in [0.05, 0.1) is 5.69 Å². The molecule has 0 aliphatic heterocycles. The van der Waals surface area contributed by atoms with E-state index >= 15 is 0 Å². The van der Waals surface area contributed by atoms with Crippen LogP contribution in [-0.4, -0.2) is 34.0 Å². The Morgan fingerprint density at radius 1 is 1.10 bits per heavy atom. The number of carbonyl (C=O) groups excluding carboxylic acids is 2. The van der Waals surface area contributed by atoms with Gasteiger partial charge in [-0.3, -0.25) is 9.59 Å². The monoisotopic (exact) mass is 454 g/mol. The van der Waals surface area contributed by atoms with Gasteiger partial charge in [0.2, 0.25) is 0 Å². The quantitative estimate of drug-likeness (QED) is 0.345. The number of amides is 1. The van der Waals surface area contributed by atoms with Crippen LogP contribution in [0.3, 0.4) is 0 Å². The molecule has 7 heteroatoms. The summed E-state index contributed by atoms with van der Waals surface area (Å²) in [4.78, 5) is 26.9. The summed E-state index contributed by atoms with van der Waals surface area (Å²) in [6.45, 7) is 6.07. The van der Waals surface area contributed by atoms with Gasteiger partial charge in [-0.25, -0.2) is 0 Å². The van der Waals surface area contributed by atoms with Gasteiger partial charge in [-0.15, -0.1) is 11.3 Å². The second-order valence-corrected chi connectivity index (χ2v) is 9.10. The molecule has 2 aromatic carbocycles. The molecule has 0 atom stereocenters. The molecule has 1 heterocycles. The van der Waals surface area contributed by atoms with Crippen molar-refractivity contribution in [2.24, 2.45) is 0 Å². The van der Waals surface area contributed by atoms with E-state index in [0.717, 1.165) is 22.4 Å². The van der Waals surface area contributed by atoms with Crippen LogP contribution in [0.15, 0.2) is 60.0 Å². The van der Waals surface area contributed by atoms with E-state index in [9.17, 15) is 9.59 Å². The van der Waals surface area contributed by atoms with E-state index in [2.05, 4.69) is 0 Å². The zero-order chi connectivity index (χ0) is 22.4. The largest absolute Gasteiger partial charge is 0.454 e. The Kier molecular flexibility index (Phi) is 7.76. The van der Waals surface area contributed by atoms with Gasteiger partial charge in [0.25, 0.3) is 5.91 Å². The van der Waals surface area contributed by atoms with Crippen molar-refractivity contribution in [3.05, 3.63) is 75.1 Å². The van der Waals surface area contributed by atoms with Crippen molar-refractivity contribution in [1.29, 1.82) is 0 Å². The van der Waals surface area contributed by atoms with Gasteiger partial charge in [-0.2, -0.15) is 0 Å². The molecule has 5 nitrogen and oxygen atoms in total. The maximum atomic E-state index is 12.7. The lowest BCUT2D eigenvalue weighted by Crippen LogP contribution is -2.39. The minimum atomic E-state index is -0.486. The van der Waals surface area contributed by atoms with Gasteiger partial charge in [0, 0.05) is 18.0 Å². The third kappa shape index (κ3) is 6.12. The fourth-order valence-electron chi connectivity index (χ4n) is 3.17. The van der Waals surface area contributed by atoms with Gasteiger partial charge in [-0.1, -0.05) is 60.2 Å². The van der Waals surface area contributed by atoms with E-state index in [1.807, 2.05) is 80.7 Å². The van der Waals surface area contributed by atoms with E-state index in [0.29, 0.717) is 10.5 Å². The summed E-state index contributed by atoms with van der Waals surface area (Å²) in [6.07, 6.45) is 0. The average Bonchev–Trinajstić information content (AvgIpc) is 3.11. The number of aromatic nitrogens is 1. The normalized spacial score (nSPS) is 10.8. The molecule has 0 radical (unpaired) electrons. The topological polar surface area (TPSA) is 51.5 Å². The second-order valence-electron chi connectivity index (χ2n) is 7.60. The number of carbonyl (C=O) groups is 2. The molecule has 0 saturated heterocycles. The summed E-state index contributed by atoms with van der Waals surface area (Å²) in [5, 5.41) is 1.94. The molecule has 0 spiro atoms. The number of esters is 1. The highest BCUT2D eigenvalue weighted by molar-refractivity contribution is 7.73. The number of benzene rings is 2. The van der Waals surface area contributed by atoms with Gasteiger partial charge in [-0.05, 0) is 44.1 Å². The first-order valence-electron chi connectivity index (χ1n) is 10.1. The Morgan fingerprint density at radius 2 is 1.77 bits per heavy atom. The lowest BCUT2D eigenvalue weighted by Gasteiger charge is -2.26. The average molecular weight is 455 g/mol. The van der Waals surface area contributed by atoms with Crippen molar-refractivity contribution in [3.63, 3.8) is 0 Å². The molecule has 3 rings (SSSR count). The fourth-order valence-corrected chi connectivity index (χ4v) is 4.24. The number of thiazole rings is 1. The lowest BCUT2D eigenvalue weighted by atomic mass is 10.1. The highest BCUT2D eigenvalue weighted by Crippen LogP contribution is 2.24. The summed E-state index contributed by atoms with van der Waals surface area (Å²) in [5.74, 6) is -0.709. The number of aryl methyl sites for hydroxylation is 1. The van der Waals surface area contributed by atoms with E-state index < -0.39 is 5.97 Å². The molecule has 0 saturated carbocycles. The number of rotatable bonds is 8. The van der Waals surface area contributed by atoms with E-state index in [1.54, 1.807) is 9.47 Å². The van der Waals surface area contributed by atoms with Crippen molar-refractivity contribution in [3.8, 4) is 11.3 Å². The first-order chi connectivity index (χ1) is 14.8. The molecule has 162 valence electrons. The Morgan fingerprint density at radius 3 is 2.42 bits per heavy atom. The zero-order valence-corrected chi connectivity index (χ0v) is 19.5. The van der Waals surface area contributed by atoms with Crippen LogP contribution in [0.1, 0.15) is 25.0 Å². The first kappa shape index (κ1) is 22.9. The highest BCUT2D eigenvalue weighted by atomic mass is 32.1. The Balaban J connectivity index is 1.63. The van der Waals surface area contributed by atoms with E-state index in [4.69, 9.17) is 17.0 Å². The van der Waals surface area contributed by atoms with Crippen molar-refractivity contribution < 1.29 is 14.3 Å². The standard InChI is InChI=1S/C24H26N2O3S2/c1-17(2)25(13-19-7-5-4-6-8-19)22(27)15-29-23(28)14-26-21(16-31-24(26)30)20-11-9-18(3)10-12-20/h4-12,16-17H,13-15H2,1-3H3. The molecule has 0 unspecified atom stereocenters. The molecule has 0 fully saturated rings. The maximum Gasteiger partial charge on any atom is 0.326 e. The van der Waals surface area contributed by atoms with Crippen molar-refractivity contribution in [1.82, 2.24) is 9.47 Å². The third-order valence-corrected chi connectivity index (χ3v) is 6.19. The number of hydrogen-bond acceptors (Lipinski definition) is 5. The summed E-state index contributed by atoms with van der Waals surface area (Å²) in [6, 6.07) is 17.8. The van der Waals surface area contributed by atoms with Gasteiger partial charge in [0.1, 0.15) is 6.54 Å². The number of nitrogens with zero attached hydrogens (tertiary/aromatic N) is 2. The first-order valence-corrected chi connectivity index (χ1v) is 11.4. The SMILES string of the molecule is Cc1ccc(-c2csc(=S)n2CC(=O)OCC(=O)N(Cc2ccccc2)C(C)C)cc1. The number of ether oxygens (including phenoxy) is 1. The molecular formula is C24H26N2O3S2. The molecule has 1 aromatic heterocycles. The summed E-state index contributed by atoms with van der Waals surface area (Å²) in [5.41, 5.74) is 4.04. The molecule has 0 aliphatic carbocycles. The van der Waals surface area contributed by atoms with Gasteiger partial charge < -0.3 is 14.2 Å². The van der Waals surface area contributed by atoms with Gasteiger partial charge in [0.15, 0.2) is 10.6 Å². The van der Waals surface area contributed by atoms with E-state index in [-0.39, 0.29) is 25.1 Å². The Hall–Kier alpha value is -2.77. The predicted octanol–water partition coefficient (Wildman–Crippen LogP) is 5.23. The lowest BCUT2D eigenvalue weighted by molar-refractivity contribution is -0.153. The van der Waals surface area contributed by atoms with Crippen molar-refractivity contribution in [2.45, 2.75) is 39.9 Å². The number of hydrogen-bond donors (Lipinski definition) is 0. The fraction of sp³-hybridized carbons (Fsp3) is 0.292. The second kappa shape index (κ2) is 10.5. The van der Waals surface area contributed by atoms with Crippen LogP contribution in [0.4, 0.5) is 0 Å². The van der Waals surface area contributed by atoms with Crippen LogP contribution in [-0.2, 0) is 27.4 Å². The molecule has 31 heavy (non-hydrogen) atoms. The third-order valence-electron chi connectivity index (χ3n) is 4.91. The Labute approximate surface area is 191 Å². The molecule has 0 aliphatic rings. The minimum absolute atomic E-state index is 0.00922. The molecule has 0 N–H and O–H groups in total. The molecule has 0 bridgehead atoms. The molecular weight excluding hydrogens is 428 g/mol. The van der Waals surface area contributed by atoms with Crippen molar-refractivity contribution in [2.75, 3.05) is 6.61 Å².